The van der Waals surface area contributed by atoms with Gasteiger partial charge in [0.05, 0.1) is 0 Å². The van der Waals surface area contributed by atoms with Gasteiger partial charge in [0, 0.05) is 32.1 Å². The Morgan fingerprint density at radius 3 is 1.72 bits per heavy atom. The lowest BCUT2D eigenvalue weighted by molar-refractivity contribution is 0.592. The average Bonchev–Trinajstić information content (AvgIpc) is 3.57. The molecule has 7 aromatic carbocycles. The summed E-state index contributed by atoms with van der Waals surface area (Å²) in [4.78, 5) is 0. The first kappa shape index (κ1) is 27.2. The molecular formula is C43H31O2P. The molecule has 0 aliphatic heterocycles. The summed E-state index contributed by atoms with van der Waals surface area (Å²) >= 11 is 0. The van der Waals surface area contributed by atoms with Gasteiger partial charge in [-0.15, -0.1) is 0 Å². The summed E-state index contributed by atoms with van der Waals surface area (Å²) in [6.45, 7) is 4.58. The van der Waals surface area contributed by atoms with E-state index in [2.05, 4.69) is 105 Å². The molecule has 0 radical (unpaired) electrons. The quantitative estimate of drug-likeness (QED) is 0.186. The largest absolute Gasteiger partial charge is 0.456 e. The zero-order valence-corrected chi connectivity index (χ0v) is 26.6. The van der Waals surface area contributed by atoms with Crippen LogP contribution in [-0.2, 0) is 9.98 Å². The zero-order valence-electron chi connectivity index (χ0n) is 25.7. The fraction of sp³-hybridized carbons (Fsp3) is 0.0698. The van der Waals surface area contributed by atoms with E-state index in [0.717, 1.165) is 43.4 Å². The molecule has 3 heteroatoms. The van der Waals surface area contributed by atoms with E-state index in [9.17, 15) is 0 Å². The molecule has 0 fully saturated rings. The maximum atomic E-state index is 15.2. The molecule has 0 saturated heterocycles. The van der Waals surface area contributed by atoms with Crippen molar-refractivity contribution in [2.45, 2.75) is 19.3 Å². The van der Waals surface area contributed by atoms with Gasteiger partial charge in [-0.25, -0.2) is 0 Å². The van der Waals surface area contributed by atoms with Gasteiger partial charge in [0.25, 0.3) is 0 Å². The third-order valence-electron chi connectivity index (χ3n) is 9.93. The van der Waals surface area contributed by atoms with Gasteiger partial charge in [-0.2, -0.15) is 0 Å². The molecule has 1 aromatic heterocycles. The molecule has 46 heavy (non-hydrogen) atoms. The Balaban J connectivity index is 1.16. The van der Waals surface area contributed by atoms with E-state index in [1.165, 1.54) is 38.6 Å². The number of furan rings is 1. The normalized spacial score (nSPS) is 13.7. The van der Waals surface area contributed by atoms with Gasteiger partial charge >= 0.3 is 0 Å². The van der Waals surface area contributed by atoms with E-state index >= 15 is 4.57 Å². The van der Waals surface area contributed by atoms with Gasteiger partial charge in [0.2, 0.25) is 0 Å². The van der Waals surface area contributed by atoms with Crippen LogP contribution in [0.4, 0.5) is 0 Å². The fourth-order valence-electron chi connectivity index (χ4n) is 7.47. The summed E-state index contributed by atoms with van der Waals surface area (Å²) in [6.07, 6.45) is 0. The molecule has 0 amide bonds. The van der Waals surface area contributed by atoms with Gasteiger partial charge in [-0.1, -0.05) is 129 Å². The van der Waals surface area contributed by atoms with Crippen LogP contribution in [0, 0.1) is 0 Å². The molecule has 9 rings (SSSR count). The van der Waals surface area contributed by atoms with E-state index in [1.54, 1.807) is 0 Å². The zero-order chi connectivity index (χ0) is 31.0. The summed E-state index contributed by atoms with van der Waals surface area (Å²) in [5.41, 5.74) is 8.85. The van der Waals surface area contributed by atoms with Crippen LogP contribution in [0.15, 0.2) is 156 Å². The van der Waals surface area contributed by atoms with E-state index in [-0.39, 0.29) is 5.41 Å². The van der Waals surface area contributed by atoms with E-state index in [0.29, 0.717) is 0 Å². The minimum atomic E-state index is -3.08. The maximum Gasteiger partial charge on any atom is 0.171 e. The highest BCUT2D eigenvalue weighted by Gasteiger charge is 2.38. The summed E-state index contributed by atoms with van der Waals surface area (Å²) in [6, 6.07) is 52.5. The number of rotatable bonds is 4. The number of fused-ring (bicyclic) bond motifs is 7. The van der Waals surface area contributed by atoms with Crippen molar-refractivity contribution in [3.63, 3.8) is 0 Å². The number of hydrogen-bond donors (Lipinski definition) is 0. The molecule has 0 unspecified atom stereocenters. The topological polar surface area (TPSA) is 30.2 Å². The second kappa shape index (κ2) is 9.91. The first-order valence-corrected chi connectivity index (χ1v) is 17.5. The van der Waals surface area contributed by atoms with Crippen LogP contribution >= 0.6 is 7.14 Å². The molecule has 0 saturated carbocycles. The minimum absolute atomic E-state index is 0.264. The molecule has 220 valence electrons. The molecule has 0 atom stereocenters. The molecule has 8 aromatic rings. The van der Waals surface area contributed by atoms with Gasteiger partial charge in [0.15, 0.2) is 7.14 Å². The third kappa shape index (κ3) is 3.94. The summed E-state index contributed by atoms with van der Waals surface area (Å²) < 4.78 is 21.5. The van der Waals surface area contributed by atoms with E-state index in [1.807, 2.05) is 60.7 Å². The Morgan fingerprint density at radius 2 is 1.02 bits per heavy atom. The van der Waals surface area contributed by atoms with Gasteiger partial charge < -0.3 is 8.98 Å². The summed E-state index contributed by atoms with van der Waals surface area (Å²) in [5, 5.41) is 7.24. The van der Waals surface area contributed by atoms with Gasteiger partial charge in [-0.05, 0) is 80.6 Å². The molecule has 0 spiro atoms. The predicted octanol–water partition coefficient (Wildman–Crippen LogP) is 10.4. The first-order valence-electron chi connectivity index (χ1n) is 15.8. The predicted molar refractivity (Wildman–Crippen MR) is 194 cm³/mol. The second-order valence-electron chi connectivity index (χ2n) is 12.9. The van der Waals surface area contributed by atoms with Crippen molar-refractivity contribution in [1.82, 2.24) is 0 Å². The lowest BCUT2D eigenvalue weighted by atomic mass is 9.81. The smallest absolute Gasteiger partial charge is 0.171 e. The highest BCUT2D eigenvalue weighted by Crippen LogP contribution is 2.52. The monoisotopic (exact) mass is 610 g/mol. The molecule has 2 nitrogen and oxygen atoms in total. The third-order valence-corrected chi connectivity index (χ3v) is 13.0. The van der Waals surface area contributed by atoms with Crippen molar-refractivity contribution in [3.05, 3.63) is 163 Å². The molecule has 1 aliphatic rings. The SMILES string of the molecule is CC1(C)c2cc(-c3ccc4oc5cc6ccccc6cc5c4c3)ccc2-c2ccc(P(=O)(c3ccccc3)c3ccccc3)cc21. The van der Waals surface area contributed by atoms with Crippen molar-refractivity contribution in [1.29, 1.82) is 0 Å². The van der Waals surface area contributed by atoms with E-state index < -0.39 is 7.14 Å². The molecular weight excluding hydrogens is 579 g/mol. The first-order chi connectivity index (χ1) is 22.4. The minimum Gasteiger partial charge on any atom is -0.456 e. The second-order valence-corrected chi connectivity index (χ2v) is 15.7. The lowest BCUT2D eigenvalue weighted by Gasteiger charge is -2.25. The lowest BCUT2D eigenvalue weighted by Crippen LogP contribution is -2.26. The number of benzene rings is 7. The van der Waals surface area contributed by atoms with E-state index in [4.69, 9.17) is 4.42 Å². The van der Waals surface area contributed by atoms with Crippen LogP contribution in [0.25, 0.3) is 55.0 Å². The van der Waals surface area contributed by atoms with Crippen LogP contribution in [-0.4, -0.2) is 0 Å². The van der Waals surface area contributed by atoms with Crippen molar-refractivity contribution in [3.8, 4) is 22.3 Å². The van der Waals surface area contributed by atoms with Crippen LogP contribution < -0.4 is 15.9 Å². The summed E-state index contributed by atoms with van der Waals surface area (Å²) in [5.74, 6) is 0. The average molecular weight is 611 g/mol. The Hall–Kier alpha value is -5.17. The standard InChI is InChI=1S/C43H31O2P/c1-43(2)39-25-31(30-18-22-41-37(24-30)38-23-28-11-9-10-12-29(28)26-42(38)45-41)17-20-35(39)36-21-19-34(27-40(36)43)46(44,32-13-5-3-6-14-32)33-15-7-4-8-16-33/h3-27H,1-2H3. The van der Waals surface area contributed by atoms with Crippen LogP contribution in [0.5, 0.6) is 0 Å². The Kier molecular flexibility index (Phi) is 5.85. The van der Waals surface area contributed by atoms with Crippen LogP contribution in [0.2, 0.25) is 0 Å². The van der Waals surface area contributed by atoms with Crippen LogP contribution in [0.3, 0.4) is 0 Å². The van der Waals surface area contributed by atoms with Crippen LogP contribution in [0.1, 0.15) is 25.0 Å². The Morgan fingerprint density at radius 1 is 0.478 bits per heavy atom. The summed E-state index contributed by atoms with van der Waals surface area (Å²) in [7, 11) is -3.08. The highest BCUT2D eigenvalue weighted by atomic mass is 31.2. The fourth-order valence-corrected chi connectivity index (χ4v) is 10.1. The Labute approximate surface area is 268 Å². The van der Waals surface area contributed by atoms with Crippen molar-refractivity contribution < 1.29 is 8.98 Å². The highest BCUT2D eigenvalue weighted by molar-refractivity contribution is 7.85. The van der Waals surface area contributed by atoms with Crippen molar-refractivity contribution in [2.75, 3.05) is 0 Å². The van der Waals surface area contributed by atoms with Gasteiger partial charge in [0.1, 0.15) is 11.2 Å². The maximum absolute atomic E-state index is 15.2. The van der Waals surface area contributed by atoms with Gasteiger partial charge in [-0.3, -0.25) is 0 Å². The molecule has 1 aliphatic carbocycles. The Bertz CT molecular complexity index is 2480. The molecule has 1 heterocycles. The molecule has 0 bridgehead atoms. The number of hydrogen-bond acceptors (Lipinski definition) is 2. The van der Waals surface area contributed by atoms with Crippen molar-refractivity contribution >= 4 is 55.8 Å². The molecule has 0 N–H and O–H groups in total. The van der Waals surface area contributed by atoms with Crippen molar-refractivity contribution in [2.24, 2.45) is 0 Å².